The van der Waals surface area contributed by atoms with Crippen LogP contribution in [-0.2, 0) is 20.4 Å². The number of hydrogen-bond acceptors (Lipinski definition) is 4. The molecule has 15 heavy (non-hydrogen) atoms. The number of ether oxygens (including phenoxy) is 1. The van der Waals surface area contributed by atoms with Crippen molar-refractivity contribution in [1.82, 2.24) is 4.72 Å². The van der Waals surface area contributed by atoms with Gasteiger partial charge in [0, 0.05) is 17.5 Å². The molecule has 0 aromatic carbocycles. The van der Waals surface area contributed by atoms with Gasteiger partial charge in [0.1, 0.15) is 0 Å². The number of thiol groups is 1. The molecule has 0 aliphatic heterocycles. The van der Waals surface area contributed by atoms with E-state index in [1.165, 1.54) is 0 Å². The maximum atomic E-state index is 11.1. The van der Waals surface area contributed by atoms with E-state index in [0.29, 0.717) is 5.57 Å². The molecule has 88 valence electrons. The fraction of sp³-hybridized carbons (Fsp3) is 0.667. The zero-order valence-electron chi connectivity index (χ0n) is 9.20. The molecule has 1 N–H and O–H groups in total. The lowest BCUT2D eigenvalue weighted by Gasteiger charge is -2.23. The molecule has 0 saturated carbocycles. The van der Waals surface area contributed by atoms with Crippen molar-refractivity contribution in [2.45, 2.75) is 20.8 Å². The van der Waals surface area contributed by atoms with Gasteiger partial charge in [-0.25, -0.2) is 17.9 Å². The van der Waals surface area contributed by atoms with E-state index in [1.807, 2.05) is 0 Å². The van der Waals surface area contributed by atoms with Gasteiger partial charge in [0.15, 0.2) is 0 Å². The van der Waals surface area contributed by atoms with E-state index in [0.717, 1.165) is 0 Å². The molecular weight excluding hydrogens is 218 g/mol. The molecule has 0 fully saturated rings. The summed E-state index contributed by atoms with van der Waals surface area (Å²) in [4.78, 5) is 11.1. The second-order valence-corrected chi connectivity index (χ2v) is 4.94. The molecule has 0 heterocycles. The van der Waals surface area contributed by atoms with Gasteiger partial charge in [0.25, 0.3) is 0 Å². The van der Waals surface area contributed by atoms with Gasteiger partial charge in [-0.05, 0) is 6.92 Å². The Bertz CT molecular complexity index is 312. The van der Waals surface area contributed by atoms with Gasteiger partial charge in [-0.2, -0.15) is 0 Å². The lowest BCUT2D eigenvalue weighted by molar-refractivity contribution is -0.141. The third kappa shape index (κ3) is 7.10. The van der Waals surface area contributed by atoms with Crippen molar-refractivity contribution in [1.29, 1.82) is 0 Å². The smallest absolute Gasteiger partial charge is 0.333 e. The van der Waals surface area contributed by atoms with E-state index in [1.54, 1.807) is 20.8 Å². The fourth-order valence-corrected chi connectivity index (χ4v) is 1.27. The molecule has 0 radical (unpaired) electrons. The van der Waals surface area contributed by atoms with Crippen molar-refractivity contribution in [3.05, 3.63) is 12.2 Å². The van der Waals surface area contributed by atoms with Gasteiger partial charge in [-0.1, -0.05) is 20.4 Å². The minimum Gasteiger partial charge on any atom is -0.462 e. The maximum absolute atomic E-state index is 11.1. The van der Waals surface area contributed by atoms with E-state index >= 15 is 0 Å². The van der Waals surface area contributed by atoms with Crippen molar-refractivity contribution in [3.8, 4) is 0 Å². The van der Waals surface area contributed by atoms with Crippen LogP contribution in [0.15, 0.2) is 12.2 Å². The molecule has 6 heteroatoms. The van der Waals surface area contributed by atoms with Crippen molar-refractivity contribution in [2.75, 3.05) is 13.2 Å². The first kappa shape index (κ1) is 14.1. The molecule has 0 bridgehead atoms. The highest BCUT2D eigenvalue weighted by Gasteiger charge is 2.20. The summed E-state index contributed by atoms with van der Waals surface area (Å²) in [6.45, 7) is 8.97. The van der Waals surface area contributed by atoms with E-state index in [-0.39, 0.29) is 13.2 Å². The predicted octanol–water partition coefficient (Wildman–Crippen LogP) is 0.248. The summed E-state index contributed by atoms with van der Waals surface area (Å²) < 4.78 is 27.8. The van der Waals surface area contributed by atoms with Crippen LogP contribution >= 0.6 is 0 Å². The monoisotopic (exact) mass is 235 g/mol. The molecule has 0 spiro atoms. The molecule has 0 aromatic rings. The van der Waals surface area contributed by atoms with Crippen molar-refractivity contribution in [3.63, 3.8) is 0 Å². The van der Waals surface area contributed by atoms with Crippen molar-refractivity contribution in [2.24, 2.45) is 5.41 Å². The Kier molecular flexibility index (Phi) is 5.53. The van der Waals surface area contributed by atoms with Crippen molar-refractivity contribution >= 4 is 16.9 Å². The summed E-state index contributed by atoms with van der Waals surface area (Å²) in [5.41, 5.74) is -0.103. The quantitative estimate of drug-likeness (QED) is 0.393. The minimum absolute atomic E-state index is 0.148. The topological polar surface area (TPSA) is 72.5 Å². The molecule has 0 aromatic heterocycles. The largest absolute Gasteiger partial charge is 0.462 e. The average Bonchev–Trinajstić information content (AvgIpc) is 2.11. The van der Waals surface area contributed by atoms with Crippen LogP contribution in [0.25, 0.3) is 0 Å². The summed E-state index contributed by atoms with van der Waals surface area (Å²) in [5, 5.41) is 0. The van der Waals surface area contributed by atoms with Crippen LogP contribution in [0.1, 0.15) is 20.8 Å². The normalized spacial score (nSPS) is 11.5. The highest BCUT2D eigenvalue weighted by molar-refractivity contribution is 7.70. The highest BCUT2D eigenvalue weighted by Crippen LogP contribution is 2.14. The third-order valence-electron chi connectivity index (χ3n) is 1.63. The van der Waals surface area contributed by atoms with E-state index in [2.05, 4.69) is 11.3 Å². The highest BCUT2D eigenvalue weighted by atomic mass is 32.2. The third-order valence-corrected chi connectivity index (χ3v) is 2.05. The van der Waals surface area contributed by atoms with Crippen LogP contribution in [0.4, 0.5) is 0 Å². The van der Waals surface area contributed by atoms with Gasteiger partial charge < -0.3 is 4.74 Å². The first-order valence-electron chi connectivity index (χ1n) is 4.45. The van der Waals surface area contributed by atoms with Crippen LogP contribution in [0.2, 0.25) is 0 Å². The molecule has 0 amide bonds. The predicted molar refractivity (Wildman–Crippen MR) is 57.9 cm³/mol. The zero-order chi connectivity index (χ0) is 12.1. The number of nitrogens with one attached hydrogen (secondary N) is 1. The summed E-state index contributed by atoms with van der Waals surface area (Å²) in [7, 11) is -2.61. The van der Waals surface area contributed by atoms with Crippen LogP contribution in [0.3, 0.4) is 0 Å². The number of hydrogen-bond donors (Lipinski definition) is 2. The summed E-state index contributed by atoms with van der Waals surface area (Å²) >= 11 is 0. The Balaban J connectivity index is 4.03. The second kappa shape index (κ2) is 5.87. The summed E-state index contributed by atoms with van der Waals surface area (Å²) in [6, 6.07) is 0. The van der Waals surface area contributed by atoms with Gasteiger partial charge in [-0.3, -0.25) is 0 Å². The Morgan fingerprint density at radius 1 is 1.47 bits per heavy atom. The molecular formula is C9H17NO4S. The number of carbonyl (C=O) groups excluding carboxylic acids is 1. The summed E-state index contributed by atoms with van der Waals surface area (Å²) in [6.07, 6.45) is 0. The van der Waals surface area contributed by atoms with E-state index in [9.17, 15) is 13.2 Å². The molecule has 0 aliphatic rings. The number of esters is 1. The Hall–Kier alpha value is -0.880. The Labute approximate surface area is 91.6 Å². The molecule has 0 atom stereocenters. The lowest BCUT2D eigenvalue weighted by atomic mass is 9.95. The number of carbonyl (C=O) groups is 1. The SMILES string of the molecule is C=C(C)C(=O)OCC(C)(C)CN[SH](=O)=O. The van der Waals surface area contributed by atoms with Gasteiger partial charge in [-0.15, -0.1) is 0 Å². The van der Waals surface area contributed by atoms with E-state index in [4.69, 9.17) is 4.74 Å². The molecule has 0 rings (SSSR count). The van der Waals surface area contributed by atoms with Gasteiger partial charge in [0.2, 0.25) is 10.9 Å². The molecule has 0 aliphatic carbocycles. The van der Waals surface area contributed by atoms with Crippen LogP contribution in [0, 0.1) is 5.41 Å². The van der Waals surface area contributed by atoms with Crippen LogP contribution < -0.4 is 4.72 Å². The van der Waals surface area contributed by atoms with E-state index < -0.39 is 22.3 Å². The van der Waals surface area contributed by atoms with Crippen LogP contribution in [-0.4, -0.2) is 27.5 Å². The lowest BCUT2D eigenvalue weighted by Crippen LogP contribution is -2.33. The molecule has 0 saturated heterocycles. The molecule has 0 unspecified atom stereocenters. The first-order chi connectivity index (χ1) is 6.74. The summed E-state index contributed by atoms with van der Waals surface area (Å²) in [5.74, 6) is -0.463. The van der Waals surface area contributed by atoms with Crippen molar-refractivity contribution < 1.29 is 17.9 Å². The van der Waals surface area contributed by atoms with Gasteiger partial charge in [0.05, 0.1) is 6.61 Å². The minimum atomic E-state index is -2.61. The molecule has 5 nitrogen and oxygen atoms in total. The Morgan fingerprint density at radius 3 is 2.40 bits per heavy atom. The maximum Gasteiger partial charge on any atom is 0.333 e. The zero-order valence-corrected chi connectivity index (χ0v) is 10.1. The van der Waals surface area contributed by atoms with Crippen LogP contribution in [0.5, 0.6) is 0 Å². The Morgan fingerprint density at radius 2 is 2.00 bits per heavy atom. The second-order valence-electron chi connectivity index (χ2n) is 4.11. The standard InChI is InChI=1S/C9H17NO4S/c1-7(2)8(11)14-6-9(3,4)5-10-15(12)13/h15H,1,5-6H2,2-4H3,(H,10,12,13). The van der Waals surface area contributed by atoms with Gasteiger partial charge >= 0.3 is 5.97 Å². The first-order valence-corrected chi connectivity index (χ1v) is 5.63. The fourth-order valence-electron chi connectivity index (χ4n) is 0.714. The number of rotatable bonds is 6. The average molecular weight is 235 g/mol.